The van der Waals surface area contributed by atoms with E-state index in [9.17, 15) is 4.79 Å². The minimum absolute atomic E-state index is 0.208. The van der Waals surface area contributed by atoms with Crippen molar-refractivity contribution in [2.24, 2.45) is 0 Å². The lowest BCUT2D eigenvalue weighted by Crippen LogP contribution is -2.52. The van der Waals surface area contributed by atoms with E-state index in [4.69, 9.17) is 5.26 Å². The van der Waals surface area contributed by atoms with Crippen molar-refractivity contribution in [1.82, 2.24) is 10.6 Å². The van der Waals surface area contributed by atoms with Gasteiger partial charge in [-0.25, -0.2) is 4.79 Å². The molecule has 15 heavy (non-hydrogen) atoms. The number of carbonyl (C=O) groups is 1. The lowest BCUT2D eigenvalue weighted by Gasteiger charge is -2.31. The molecule has 4 heteroatoms. The highest BCUT2D eigenvalue weighted by Crippen LogP contribution is 2.27. The average molecular weight is 209 g/mol. The van der Waals surface area contributed by atoms with Crippen LogP contribution in [0, 0.1) is 11.3 Å². The molecule has 2 amide bonds. The highest BCUT2D eigenvalue weighted by molar-refractivity contribution is 5.75. The van der Waals surface area contributed by atoms with Gasteiger partial charge in [0.15, 0.2) is 0 Å². The van der Waals surface area contributed by atoms with Crippen molar-refractivity contribution in [1.29, 1.82) is 5.26 Å². The molecular formula is C11H19N3O. The van der Waals surface area contributed by atoms with E-state index in [1.54, 1.807) is 0 Å². The van der Waals surface area contributed by atoms with Gasteiger partial charge in [0, 0.05) is 6.54 Å². The number of nitriles is 1. The smallest absolute Gasteiger partial charge is 0.316 e. The summed E-state index contributed by atoms with van der Waals surface area (Å²) in [5, 5.41) is 14.7. The Hall–Kier alpha value is -1.24. The van der Waals surface area contributed by atoms with Gasteiger partial charge in [-0.05, 0) is 19.3 Å². The van der Waals surface area contributed by atoms with Gasteiger partial charge in [-0.15, -0.1) is 0 Å². The number of rotatable bonds is 3. The van der Waals surface area contributed by atoms with Crippen LogP contribution in [0.15, 0.2) is 0 Å². The van der Waals surface area contributed by atoms with Crippen LogP contribution < -0.4 is 10.6 Å². The molecule has 1 fully saturated rings. The Kier molecular flexibility index (Phi) is 4.41. The molecule has 1 rings (SSSR count). The molecule has 0 atom stereocenters. The van der Waals surface area contributed by atoms with Crippen LogP contribution in [0.1, 0.15) is 45.4 Å². The number of carbonyl (C=O) groups excluding carboxylic acids is 1. The van der Waals surface area contributed by atoms with Crippen LogP contribution in [-0.2, 0) is 0 Å². The van der Waals surface area contributed by atoms with Crippen molar-refractivity contribution in [2.75, 3.05) is 6.54 Å². The highest BCUT2D eigenvalue weighted by Gasteiger charge is 2.33. The summed E-state index contributed by atoms with van der Waals surface area (Å²) >= 11 is 0. The molecule has 0 heterocycles. The normalized spacial score (nSPS) is 18.9. The molecule has 4 nitrogen and oxygen atoms in total. The second kappa shape index (κ2) is 5.59. The summed E-state index contributed by atoms with van der Waals surface area (Å²) in [4.78, 5) is 11.5. The third-order valence-corrected chi connectivity index (χ3v) is 2.81. The van der Waals surface area contributed by atoms with Crippen LogP contribution in [0.25, 0.3) is 0 Å². The molecule has 84 valence electrons. The zero-order chi connectivity index (χ0) is 11.1. The van der Waals surface area contributed by atoms with E-state index >= 15 is 0 Å². The lowest BCUT2D eigenvalue weighted by atomic mass is 9.83. The Morgan fingerprint density at radius 1 is 1.40 bits per heavy atom. The Balaban J connectivity index is 2.45. The van der Waals surface area contributed by atoms with Crippen molar-refractivity contribution in [3.8, 4) is 6.07 Å². The first kappa shape index (κ1) is 11.8. The topological polar surface area (TPSA) is 64.9 Å². The number of nitrogens with one attached hydrogen (secondary N) is 2. The molecule has 0 radical (unpaired) electrons. The van der Waals surface area contributed by atoms with Crippen LogP contribution >= 0.6 is 0 Å². The monoisotopic (exact) mass is 209 g/mol. The first-order valence-electron chi connectivity index (χ1n) is 5.70. The molecule has 0 spiro atoms. The van der Waals surface area contributed by atoms with Crippen LogP contribution in [0.3, 0.4) is 0 Å². The van der Waals surface area contributed by atoms with E-state index in [1.807, 2.05) is 6.92 Å². The average Bonchev–Trinajstić information content (AvgIpc) is 2.27. The first-order chi connectivity index (χ1) is 7.22. The van der Waals surface area contributed by atoms with Gasteiger partial charge in [-0.2, -0.15) is 5.26 Å². The molecule has 1 saturated carbocycles. The maximum absolute atomic E-state index is 11.5. The summed E-state index contributed by atoms with van der Waals surface area (Å²) in [6.07, 6.45) is 5.70. The number of hydrogen-bond donors (Lipinski definition) is 2. The second-order valence-corrected chi connectivity index (χ2v) is 4.14. The van der Waals surface area contributed by atoms with E-state index in [0.717, 1.165) is 32.1 Å². The fraction of sp³-hybridized carbons (Fsp3) is 0.818. The maximum atomic E-state index is 11.5. The largest absolute Gasteiger partial charge is 0.338 e. The minimum Gasteiger partial charge on any atom is -0.338 e. The van der Waals surface area contributed by atoms with Crippen molar-refractivity contribution in [3.63, 3.8) is 0 Å². The quantitative estimate of drug-likeness (QED) is 0.745. The molecule has 0 aliphatic heterocycles. The fourth-order valence-corrected chi connectivity index (χ4v) is 1.92. The fourth-order valence-electron chi connectivity index (χ4n) is 1.92. The summed E-state index contributed by atoms with van der Waals surface area (Å²) in [6.45, 7) is 2.66. The second-order valence-electron chi connectivity index (χ2n) is 4.14. The molecule has 0 aromatic carbocycles. The number of nitrogens with zero attached hydrogens (tertiary/aromatic N) is 1. The van der Waals surface area contributed by atoms with E-state index in [-0.39, 0.29) is 6.03 Å². The van der Waals surface area contributed by atoms with Gasteiger partial charge in [0.25, 0.3) is 0 Å². The Bertz CT molecular complexity index is 251. The van der Waals surface area contributed by atoms with Gasteiger partial charge in [0.2, 0.25) is 0 Å². The molecular weight excluding hydrogens is 190 g/mol. The summed E-state index contributed by atoms with van der Waals surface area (Å²) in [7, 11) is 0. The summed E-state index contributed by atoms with van der Waals surface area (Å²) in [5.74, 6) is 0. The van der Waals surface area contributed by atoms with Crippen LogP contribution in [0.2, 0.25) is 0 Å². The standard InChI is InChI=1S/C11H19N3O/c1-2-8-13-10(15)14-11(9-12)6-4-3-5-7-11/h2-8H2,1H3,(H2,13,14,15). The van der Waals surface area contributed by atoms with Crippen LogP contribution in [0.5, 0.6) is 0 Å². The molecule has 0 saturated heterocycles. The van der Waals surface area contributed by atoms with Gasteiger partial charge in [-0.1, -0.05) is 26.2 Å². The molecule has 1 aliphatic carbocycles. The van der Waals surface area contributed by atoms with E-state index < -0.39 is 5.54 Å². The minimum atomic E-state index is -0.615. The molecule has 0 bridgehead atoms. The summed E-state index contributed by atoms with van der Waals surface area (Å²) < 4.78 is 0. The predicted molar refractivity (Wildman–Crippen MR) is 58.3 cm³/mol. The number of amides is 2. The number of urea groups is 1. The van der Waals surface area contributed by atoms with Gasteiger partial charge < -0.3 is 10.6 Å². The number of hydrogen-bond acceptors (Lipinski definition) is 2. The Morgan fingerprint density at radius 2 is 2.07 bits per heavy atom. The van der Waals surface area contributed by atoms with Crippen molar-refractivity contribution < 1.29 is 4.79 Å². The molecule has 0 aromatic rings. The third-order valence-electron chi connectivity index (χ3n) is 2.81. The van der Waals surface area contributed by atoms with Gasteiger partial charge >= 0.3 is 6.03 Å². The maximum Gasteiger partial charge on any atom is 0.316 e. The zero-order valence-electron chi connectivity index (χ0n) is 9.31. The van der Waals surface area contributed by atoms with Crippen LogP contribution in [-0.4, -0.2) is 18.1 Å². The first-order valence-corrected chi connectivity index (χ1v) is 5.70. The molecule has 1 aliphatic rings. The SMILES string of the molecule is CCCNC(=O)NC1(C#N)CCCCC1. The van der Waals surface area contributed by atoms with E-state index in [1.165, 1.54) is 6.42 Å². The molecule has 0 unspecified atom stereocenters. The van der Waals surface area contributed by atoms with E-state index in [2.05, 4.69) is 16.7 Å². The van der Waals surface area contributed by atoms with Gasteiger partial charge in [0.1, 0.15) is 5.54 Å². The lowest BCUT2D eigenvalue weighted by molar-refractivity contribution is 0.222. The Morgan fingerprint density at radius 3 is 2.60 bits per heavy atom. The van der Waals surface area contributed by atoms with E-state index in [0.29, 0.717) is 6.54 Å². The van der Waals surface area contributed by atoms with Crippen LogP contribution in [0.4, 0.5) is 4.79 Å². The van der Waals surface area contributed by atoms with Crippen molar-refractivity contribution in [2.45, 2.75) is 51.0 Å². The molecule has 0 aromatic heterocycles. The third kappa shape index (κ3) is 3.43. The predicted octanol–water partition coefficient (Wildman–Crippen LogP) is 1.92. The van der Waals surface area contributed by atoms with Gasteiger partial charge in [-0.3, -0.25) is 0 Å². The summed E-state index contributed by atoms with van der Waals surface area (Å²) in [6, 6.07) is 2.04. The van der Waals surface area contributed by atoms with Gasteiger partial charge in [0.05, 0.1) is 6.07 Å². The van der Waals surface area contributed by atoms with Crippen molar-refractivity contribution in [3.05, 3.63) is 0 Å². The molecule has 2 N–H and O–H groups in total. The Labute approximate surface area is 91.0 Å². The summed E-state index contributed by atoms with van der Waals surface area (Å²) in [5.41, 5.74) is -0.615. The zero-order valence-corrected chi connectivity index (χ0v) is 9.31. The van der Waals surface area contributed by atoms with Crippen molar-refractivity contribution >= 4 is 6.03 Å². The highest BCUT2D eigenvalue weighted by atomic mass is 16.2.